The Hall–Kier alpha value is -0.510. The van der Waals surface area contributed by atoms with Gasteiger partial charge in [0.15, 0.2) is 5.83 Å². The van der Waals surface area contributed by atoms with Crippen LogP contribution in [0.4, 0.5) is 13.2 Å². The Morgan fingerprint density at radius 1 is 1.57 bits per heavy atom. The lowest BCUT2D eigenvalue weighted by Gasteiger charge is -2.00. The predicted molar refractivity (Wildman–Crippen MR) is 17.4 cm³/mol. The van der Waals surface area contributed by atoms with Gasteiger partial charge in [-0.2, -0.15) is 8.78 Å². The third kappa shape index (κ3) is 2.22. The fourth-order valence-electron chi connectivity index (χ4n) is 0. The van der Waals surface area contributed by atoms with E-state index in [0.717, 1.165) is 0 Å². The molecule has 0 fully saturated rings. The van der Waals surface area contributed by atoms with Crippen LogP contribution in [0, 0.1) is 0 Å². The van der Waals surface area contributed by atoms with Gasteiger partial charge in [-0.05, 0) is 0 Å². The summed E-state index contributed by atoms with van der Waals surface area (Å²) in [5.41, 5.74) is 0. The van der Waals surface area contributed by atoms with Gasteiger partial charge in [0, 0.05) is 0 Å². The summed E-state index contributed by atoms with van der Waals surface area (Å²) >= 11 is 0. The van der Waals surface area contributed by atoms with Crippen molar-refractivity contribution in [3.63, 3.8) is 0 Å². The second kappa shape index (κ2) is 1.54. The molecule has 0 aromatic rings. The molecule has 1 N–H and O–H groups in total. The van der Waals surface area contributed by atoms with Crippen LogP contribution in [-0.2, 0) is 0 Å². The molecule has 0 aliphatic carbocycles. The number of alkyl halides is 2. The molecule has 0 saturated carbocycles. The Balaban J connectivity index is 3.79. The minimum Gasteiger partial charge on any atom is -0.331 e. The van der Waals surface area contributed by atoms with Gasteiger partial charge in [0.25, 0.3) is 0 Å². The van der Waals surface area contributed by atoms with Crippen LogP contribution < -0.4 is 0 Å². The zero-order valence-corrected chi connectivity index (χ0v) is 3.29. The van der Waals surface area contributed by atoms with E-state index in [1.165, 1.54) is 0 Å². The topological polar surface area (TPSA) is 20.2 Å². The maximum Gasteiger partial charge on any atom is 0.406 e. The van der Waals surface area contributed by atoms with E-state index in [-0.39, 0.29) is 0 Å². The average Bonchev–Trinajstić information content (AvgIpc) is 1.31. The summed E-state index contributed by atoms with van der Waals surface area (Å²) in [6, 6.07) is 0. The van der Waals surface area contributed by atoms with Crippen molar-refractivity contribution >= 4 is 0 Å². The molecule has 0 radical (unpaired) electrons. The quantitative estimate of drug-likeness (QED) is 0.537. The van der Waals surface area contributed by atoms with Crippen molar-refractivity contribution < 1.29 is 18.3 Å². The molecule has 7 heavy (non-hydrogen) atoms. The van der Waals surface area contributed by atoms with E-state index in [9.17, 15) is 13.2 Å². The standard InChI is InChI=1S/C3H3F3O/c1-2(4)3(5,6)7/h7H,1H2. The van der Waals surface area contributed by atoms with E-state index in [2.05, 4.69) is 6.58 Å². The summed E-state index contributed by atoms with van der Waals surface area (Å²) in [7, 11) is 0. The maximum atomic E-state index is 11.0. The first-order valence-corrected chi connectivity index (χ1v) is 1.39. The number of rotatable bonds is 1. The van der Waals surface area contributed by atoms with Crippen molar-refractivity contribution in [1.29, 1.82) is 0 Å². The van der Waals surface area contributed by atoms with Crippen LogP contribution in [0.5, 0.6) is 0 Å². The lowest BCUT2D eigenvalue weighted by molar-refractivity contribution is -0.178. The van der Waals surface area contributed by atoms with E-state index in [0.29, 0.717) is 0 Å². The van der Waals surface area contributed by atoms with Gasteiger partial charge in [0.1, 0.15) is 0 Å². The van der Waals surface area contributed by atoms with Gasteiger partial charge in [-0.1, -0.05) is 6.58 Å². The van der Waals surface area contributed by atoms with E-state index in [1.807, 2.05) is 0 Å². The summed E-state index contributed by atoms with van der Waals surface area (Å²) in [5.74, 6) is -2.03. The lowest BCUT2D eigenvalue weighted by Crippen LogP contribution is -2.13. The van der Waals surface area contributed by atoms with Crippen molar-refractivity contribution in [2.45, 2.75) is 6.11 Å². The van der Waals surface area contributed by atoms with Crippen LogP contribution in [0.1, 0.15) is 0 Å². The van der Waals surface area contributed by atoms with Gasteiger partial charge in [-0.25, -0.2) is 4.39 Å². The molecule has 0 saturated heterocycles. The molecule has 1 nitrogen and oxygen atoms in total. The van der Waals surface area contributed by atoms with Gasteiger partial charge < -0.3 is 5.11 Å². The molecule has 42 valence electrons. The van der Waals surface area contributed by atoms with E-state index in [4.69, 9.17) is 5.11 Å². The average molecular weight is 112 g/mol. The van der Waals surface area contributed by atoms with Gasteiger partial charge in [-0.15, -0.1) is 0 Å². The Morgan fingerprint density at radius 3 is 1.71 bits per heavy atom. The highest BCUT2D eigenvalue weighted by molar-refractivity contribution is 4.88. The highest BCUT2D eigenvalue weighted by Gasteiger charge is 2.28. The zero-order chi connectivity index (χ0) is 6.08. The molecule has 0 rings (SSSR count). The lowest BCUT2D eigenvalue weighted by atomic mass is 10.6. The molecular formula is C3H3F3O. The summed E-state index contributed by atoms with van der Waals surface area (Å²) in [6.45, 7) is 2.16. The van der Waals surface area contributed by atoms with Crippen LogP contribution in [0.15, 0.2) is 12.4 Å². The molecule has 0 aliphatic heterocycles. The third-order valence-corrected chi connectivity index (χ3v) is 0.326. The van der Waals surface area contributed by atoms with Crippen LogP contribution in [0.2, 0.25) is 0 Å². The molecular weight excluding hydrogens is 109 g/mol. The van der Waals surface area contributed by atoms with Crippen molar-refractivity contribution in [3.05, 3.63) is 12.4 Å². The minimum atomic E-state index is -4.36. The maximum absolute atomic E-state index is 11.0. The van der Waals surface area contributed by atoms with Gasteiger partial charge in [-0.3, -0.25) is 0 Å². The minimum absolute atomic E-state index is 2.03. The first-order chi connectivity index (χ1) is 2.94. The molecule has 0 unspecified atom stereocenters. The molecule has 0 aromatic carbocycles. The Bertz CT molecular complexity index is 82.7. The van der Waals surface area contributed by atoms with Crippen molar-refractivity contribution in [1.82, 2.24) is 0 Å². The third-order valence-electron chi connectivity index (χ3n) is 0.326. The summed E-state index contributed by atoms with van der Waals surface area (Å²) in [5, 5.41) is 7.29. The number of halogens is 3. The fraction of sp³-hybridized carbons (Fsp3) is 0.333. The van der Waals surface area contributed by atoms with E-state index < -0.39 is 11.9 Å². The van der Waals surface area contributed by atoms with Crippen molar-refractivity contribution in [2.24, 2.45) is 0 Å². The highest BCUT2D eigenvalue weighted by Crippen LogP contribution is 2.18. The molecule has 0 atom stereocenters. The Labute approximate surface area is 38.1 Å². The van der Waals surface area contributed by atoms with E-state index >= 15 is 0 Å². The normalized spacial score (nSPS) is 11.4. The smallest absolute Gasteiger partial charge is 0.331 e. The fourth-order valence-corrected chi connectivity index (χ4v) is 0. The van der Waals surface area contributed by atoms with Gasteiger partial charge >= 0.3 is 6.11 Å². The molecule has 4 heteroatoms. The molecule has 0 spiro atoms. The number of aliphatic hydroxyl groups is 1. The van der Waals surface area contributed by atoms with Crippen LogP contribution >= 0.6 is 0 Å². The van der Waals surface area contributed by atoms with Crippen LogP contribution in [-0.4, -0.2) is 11.2 Å². The first kappa shape index (κ1) is 6.49. The second-order valence-corrected chi connectivity index (χ2v) is 0.946. The van der Waals surface area contributed by atoms with Crippen LogP contribution in [0.3, 0.4) is 0 Å². The van der Waals surface area contributed by atoms with Gasteiger partial charge in [0.05, 0.1) is 0 Å². The summed E-state index contributed by atoms with van der Waals surface area (Å²) < 4.78 is 32.9. The molecule has 0 aromatic heterocycles. The predicted octanol–water partition coefficient (Wildman–Crippen LogP) is 1.05. The van der Waals surface area contributed by atoms with Crippen molar-refractivity contribution in [2.75, 3.05) is 0 Å². The SMILES string of the molecule is C=C(F)C(O)(F)F. The Morgan fingerprint density at radius 2 is 1.71 bits per heavy atom. The summed E-state index contributed by atoms with van der Waals surface area (Å²) in [4.78, 5) is 0. The van der Waals surface area contributed by atoms with Crippen LogP contribution in [0.25, 0.3) is 0 Å². The Kier molecular flexibility index (Phi) is 1.42. The largest absolute Gasteiger partial charge is 0.406 e. The number of hydrogen-bond acceptors (Lipinski definition) is 1. The van der Waals surface area contributed by atoms with E-state index in [1.54, 1.807) is 0 Å². The molecule has 0 bridgehead atoms. The zero-order valence-electron chi connectivity index (χ0n) is 3.29. The molecule has 0 amide bonds. The van der Waals surface area contributed by atoms with Gasteiger partial charge in [0.2, 0.25) is 0 Å². The molecule has 0 heterocycles. The molecule has 0 aliphatic rings. The van der Waals surface area contributed by atoms with Crippen molar-refractivity contribution in [3.8, 4) is 0 Å². The summed E-state index contributed by atoms with van der Waals surface area (Å²) in [6.07, 6.45) is -4.36. The first-order valence-electron chi connectivity index (χ1n) is 1.39. The monoisotopic (exact) mass is 112 g/mol. The second-order valence-electron chi connectivity index (χ2n) is 0.946. The number of hydrogen-bond donors (Lipinski definition) is 1. The highest BCUT2D eigenvalue weighted by atomic mass is 19.3.